The molecule has 2 heteroatoms. The molecular formula is C15H26O2. The first-order valence-corrected chi connectivity index (χ1v) is 7.61. The molecule has 0 radical (unpaired) electrons. The Kier molecular flexibility index (Phi) is 3.45. The fourth-order valence-corrected chi connectivity index (χ4v) is 4.49. The number of aliphatic hydroxyl groups is 1. The standard InChI is InChI=1S/C15H26O2/c16-14-6-4-5-13(14)12-7-10-17-15(11-12)8-2-1-3-9-15/h12-14,16H,1-11H2. The summed E-state index contributed by atoms with van der Waals surface area (Å²) in [6.45, 7) is 0.938. The molecule has 17 heavy (non-hydrogen) atoms. The molecule has 3 aliphatic rings. The van der Waals surface area contributed by atoms with Gasteiger partial charge >= 0.3 is 0 Å². The van der Waals surface area contributed by atoms with Crippen LogP contribution in [0.3, 0.4) is 0 Å². The lowest BCUT2D eigenvalue weighted by Crippen LogP contribution is -2.44. The van der Waals surface area contributed by atoms with Gasteiger partial charge in [0.1, 0.15) is 0 Å². The van der Waals surface area contributed by atoms with E-state index in [0.29, 0.717) is 5.92 Å². The molecule has 2 aliphatic carbocycles. The molecule has 1 aliphatic heterocycles. The maximum atomic E-state index is 10.1. The normalized spacial score (nSPS) is 41.8. The van der Waals surface area contributed by atoms with Crippen LogP contribution in [0.2, 0.25) is 0 Å². The van der Waals surface area contributed by atoms with Crippen molar-refractivity contribution in [1.29, 1.82) is 0 Å². The van der Waals surface area contributed by atoms with Gasteiger partial charge in [-0.2, -0.15) is 0 Å². The molecule has 2 saturated carbocycles. The average molecular weight is 238 g/mol. The van der Waals surface area contributed by atoms with Gasteiger partial charge in [-0.1, -0.05) is 25.7 Å². The van der Waals surface area contributed by atoms with Gasteiger partial charge < -0.3 is 9.84 Å². The van der Waals surface area contributed by atoms with Crippen molar-refractivity contribution in [3.05, 3.63) is 0 Å². The maximum absolute atomic E-state index is 10.1. The van der Waals surface area contributed by atoms with Crippen LogP contribution >= 0.6 is 0 Å². The molecule has 1 spiro atoms. The second-order valence-electron chi connectivity index (χ2n) is 6.51. The summed E-state index contributed by atoms with van der Waals surface area (Å²) in [5.41, 5.74) is 0.212. The van der Waals surface area contributed by atoms with Crippen molar-refractivity contribution in [3.8, 4) is 0 Å². The highest BCUT2D eigenvalue weighted by Crippen LogP contribution is 2.46. The SMILES string of the molecule is OC1CCCC1C1CCOC2(CCCCC2)C1. The molecule has 0 aromatic heterocycles. The van der Waals surface area contributed by atoms with E-state index in [-0.39, 0.29) is 11.7 Å². The lowest BCUT2D eigenvalue weighted by atomic mass is 9.71. The molecule has 98 valence electrons. The van der Waals surface area contributed by atoms with Gasteiger partial charge in [0.25, 0.3) is 0 Å². The van der Waals surface area contributed by atoms with E-state index in [4.69, 9.17) is 4.74 Å². The van der Waals surface area contributed by atoms with Gasteiger partial charge in [0.15, 0.2) is 0 Å². The molecule has 3 atom stereocenters. The topological polar surface area (TPSA) is 29.5 Å². The first kappa shape index (κ1) is 12.0. The van der Waals surface area contributed by atoms with Crippen LogP contribution < -0.4 is 0 Å². The van der Waals surface area contributed by atoms with Crippen LogP contribution in [0.4, 0.5) is 0 Å². The summed E-state index contributed by atoms with van der Waals surface area (Å²) in [5.74, 6) is 1.32. The van der Waals surface area contributed by atoms with Crippen molar-refractivity contribution in [3.63, 3.8) is 0 Å². The van der Waals surface area contributed by atoms with E-state index < -0.39 is 0 Å². The summed E-state index contributed by atoms with van der Waals surface area (Å²) < 4.78 is 6.15. The molecule has 0 aromatic rings. The molecule has 0 aromatic carbocycles. The molecule has 1 heterocycles. The molecule has 3 fully saturated rings. The minimum Gasteiger partial charge on any atom is -0.393 e. The second kappa shape index (κ2) is 4.89. The zero-order valence-electron chi connectivity index (χ0n) is 10.9. The zero-order valence-corrected chi connectivity index (χ0v) is 10.9. The van der Waals surface area contributed by atoms with Crippen molar-refractivity contribution in [2.24, 2.45) is 11.8 Å². The second-order valence-corrected chi connectivity index (χ2v) is 6.51. The van der Waals surface area contributed by atoms with Gasteiger partial charge in [-0.3, -0.25) is 0 Å². The first-order valence-electron chi connectivity index (χ1n) is 7.61. The number of ether oxygens (including phenoxy) is 1. The summed E-state index contributed by atoms with van der Waals surface area (Å²) in [6, 6.07) is 0. The predicted molar refractivity (Wildman–Crippen MR) is 67.8 cm³/mol. The van der Waals surface area contributed by atoms with E-state index in [1.54, 1.807) is 0 Å². The van der Waals surface area contributed by atoms with Crippen LogP contribution in [0.1, 0.15) is 64.2 Å². The third kappa shape index (κ3) is 2.39. The van der Waals surface area contributed by atoms with Crippen LogP contribution in [0.25, 0.3) is 0 Å². The third-order valence-electron chi connectivity index (χ3n) is 5.43. The summed E-state index contributed by atoms with van der Waals surface area (Å²) in [6.07, 6.45) is 12.5. The van der Waals surface area contributed by atoms with Crippen LogP contribution in [0, 0.1) is 11.8 Å². The van der Waals surface area contributed by atoms with Gasteiger partial charge in [0.05, 0.1) is 11.7 Å². The van der Waals surface area contributed by atoms with Gasteiger partial charge in [0.2, 0.25) is 0 Å². The van der Waals surface area contributed by atoms with E-state index >= 15 is 0 Å². The van der Waals surface area contributed by atoms with Gasteiger partial charge in [-0.15, -0.1) is 0 Å². The van der Waals surface area contributed by atoms with Gasteiger partial charge in [0, 0.05) is 6.61 Å². The summed E-state index contributed by atoms with van der Waals surface area (Å²) >= 11 is 0. The maximum Gasteiger partial charge on any atom is 0.0685 e. The highest BCUT2D eigenvalue weighted by atomic mass is 16.5. The average Bonchev–Trinajstić information content (AvgIpc) is 2.77. The summed E-state index contributed by atoms with van der Waals surface area (Å²) in [5, 5.41) is 10.1. The van der Waals surface area contributed by atoms with E-state index in [2.05, 4.69) is 0 Å². The highest BCUT2D eigenvalue weighted by molar-refractivity contribution is 4.94. The van der Waals surface area contributed by atoms with Crippen LogP contribution in [0.15, 0.2) is 0 Å². The van der Waals surface area contributed by atoms with Crippen LogP contribution in [-0.2, 0) is 4.74 Å². The van der Waals surface area contributed by atoms with Crippen LogP contribution in [0.5, 0.6) is 0 Å². The van der Waals surface area contributed by atoms with E-state index in [1.165, 1.54) is 57.8 Å². The summed E-state index contributed by atoms with van der Waals surface area (Å²) in [7, 11) is 0. The minimum atomic E-state index is -0.0151. The Morgan fingerprint density at radius 3 is 2.47 bits per heavy atom. The first-order chi connectivity index (χ1) is 8.29. The smallest absolute Gasteiger partial charge is 0.0685 e. The Hall–Kier alpha value is -0.0800. The highest BCUT2D eigenvalue weighted by Gasteiger charge is 2.43. The van der Waals surface area contributed by atoms with Gasteiger partial charge in [-0.05, 0) is 50.4 Å². The molecule has 0 amide bonds. The molecule has 1 saturated heterocycles. The summed E-state index contributed by atoms with van der Waals surface area (Å²) in [4.78, 5) is 0. The quantitative estimate of drug-likeness (QED) is 0.759. The number of aliphatic hydroxyl groups excluding tert-OH is 1. The van der Waals surface area contributed by atoms with Crippen molar-refractivity contribution in [2.45, 2.75) is 75.9 Å². The van der Waals surface area contributed by atoms with Crippen molar-refractivity contribution < 1.29 is 9.84 Å². The largest absolute Gasteiger partial charge is 0.393 e. The number of hydrogen-bond acceptors (Lipinski definition) is 2. The number of rotatable bonds is 1. The Labute approximate surface area is 105 Å². The predicted octanol–water partition coefficient (Wildman–Crippen LogP) is 3.28. The van der Waals surface area contributed by atoms with Gasteiger partial charge in [-0.25, -0.2) is 0 Å². The van der Waals surface area contributed by atoms with E-state index in [9.17, 15) is 5.11 Å². The fraction of sp³-hybridized carbons (Fsp3) is 1.00. The fourth-order valence-electron chi connectivity index (χ4n) is 4.49. The van der Waals surface area contributed by atoms with Crippen molar-refractivity contribution in [2.75, 3.05) is 6.61 Å². The molecule has 2 nitrogen and oxygen atoms in total. The molecule has 3 unspecified atom stereocenters. The molecule has 3 rings (SSSR count). The minimum absolute atomic E-state index is 0.0151. The van der Waals surface area contributed by atoms with E-state index in [1.807, 2.05) is 0 Å². The lowest BCUT2D eigenvalue weighted by molar-refractivity contribution is -0.130. The Balaban J connectivity index is 1.66. The third-order valence-corrected chi connectivity index (χ3v) is 5.43. The Morgan fingerprint density at radius 2 is 1.76 bits per heavy atom. The van der Waals surface area contributed by atoms with Crippen LogP contribution in [-0.4, -0.2) is 23.4 Å². The molecule has 0 bridgehead atoms. The zero-order chi connectivity index (χ0) is 11.7. The Bertz CT molecular complexity index is 252. The Morgan fingerprint density at radius 1 is 0.941 bits per heavy atom. The molecular weight excluding hydrogens is 212 g/mol. The van der Waals surface area contributed by atoms with Crippen molar-refractivity contribution in [1.82, 2.24) is 0 Å². The lowest BCUT2D eigenvalue weighted by Gasteiger charge is -2.45. The number of hydrogen-bond donors (Lipinski definition) is 1. The van der Waals surface area contributed by atoms with E-state index in [0.717, 1.165) is 18.9 Å². The monoisotopic (exact) mass is 238 g/mol. The molecule has 1 N–H and O–H groups in total. The van der Waals surface area contributed by atoms with Crippen molar-refractivity contribution >= 4 is 0 Å².